The zero-order chi connectivity index (χ0) is 12.2. The summed E-state index contributed by atoms with van der Waals surface area (Å²) >= 11 is 7.10. The molecule has 0 saturated heterocycles. The molecule has 3 rings (SSSR count). The summed E-state index contributed by atoms with van der Waals surface area (Å²) in [5.74, 6) is 6.36. The lowest BCUT2D eigenvalue weighted by Gasteiger charge is -1.98. The molecule has 0 spiro atoms. The number of rotatable bonds is 0. The largest absolute Gasteiger partial charge is 0.265 e. The third-order valence-electron chi connectivity index (χ3n) is 2.06. The Labute approximate surface area is 123 Å². The second-order valence-electron chi connectivity index (χ2n) is 3.27. The Hall–Kier alpha value is -0.670. The highest BCUT2D eigenvalue weighted by Crippen LogP contribution is 2.52. The Morgan fingerprint density at radius 3 is 2.44 bits per heavy atom. The summed E-state index contributed by atoms with van der Waals surface area (Å²) in [6.45, 7) is 0. The lowest BCUT2D eigenvalue weighted by atomic mass is 10.3. The van der Waals surface area contributed by atoms with E-state index in [1.807, 2.05) is 12.1 Å². The van der Waals surface area contributed by atoms with Gasteiger partial charge in [0.1, 0.15) is 0 Å². The Morgan fingerprint density at radius 2 is 1.67 bits per heavy atom. The van der Waals surface area contributed by atoms with E-state index in [4.69, 9.17) is 0 Å². The zero-order valence-corrected chi connectivity index (χ0v) is 12.4. The molecule has 0 aromatic carbocycles. The predicted molar refractivity (Wildman–Crippen MR) is 85.7 cm³/mol. The van der Waals surface area contributed by atoms with Crippen molar-refractivity contribution in [3.63, 3.8) is 0 Å². The Bertz CT molecular complexity index is 595. The van der Waals surface area contributed by atoms with Gasteiger partial charge in [0.25, 0.3) is 0 Å². The summed E-state index contributed by atoms with van der Waals surface area (Å²) in [5.41, 5.74) is 1.00. The molecule has 0 fully saturated rings. The molecule has 0 aliphatic carbocycles. The van der Waals surface area contributed by atoms with Crippen LogP contribution in [0.5, 0.6) is 0 Å². The standard InChI is InChI=1S/C13H7NS4/c1(10-3-5-14-6-4-10)2-11-9-17-13(18-11)12-15-7-8-16-12/h3-9H. The zero-order valence-electron chi connectivity index (χ0n) is 9.12. The van der Waals surface area contributed by atoms with Crippen LogP contribution < -0.4 is 0 Å². The van der Waals surface area contributed by atoms with Crippen molar-refractivity contribution in [2.75, 3.05) is 0 Å². The Balaban J connectivity index is 1.70. The second kappa shape index (κ2) is 5.98. The van der Waals surface area contributed by atoms with Crippen molar-refractivity contribution in [2.24, 2.45) is 0 Å². The third-order valence-corrected chi connectivity index (χ3v) is 6.99. The van der Waals surface area contributed by atoms with Gasteiger partial charge in [-0.1, -0.05) is 58.9 Å². The molecule has 0 amide bonds. The summed E-state index contributed by atoms with van der Waals surface area (Å²) in [5, 5.41) is 6.37. The first-order chi connectivity index (χ1) is 8.92. The van der Waals surface area contributed by atoms with Crippen LogP contribution >= 0.6 is 47.0 Å². The van der Waals surface area contributed by atoms with Gasteiger partial charge in [-0.3, -0.25) is 4.98 Å². The summed E-state index contributed by atoms with van der Waals surface area (Å²) in [7, 11) is 0. The van der Waals surface area contributed by atoms with Gasteiger partial charge >= 0.3 is 0 Å². The number of allylic oxidation sites excluding steroid dienone is 1. The third kappa shape index (κ3) is 3.01. The minimum Gasteiger partial charge on any atom is -0.265 e. The maximum atomic E-state index is 3.98. The molecule has 0 saturated carbocycles. The van der Waals surface area contributed by atoms with Gasteiger partial charge < -0.3 is 0 Å². The van der Waals surface area contributed by atoms with Crippen LogP contribution in [0.1, 0.15) is 5.56 Å². The number of thioether (sulfide) groups is 4. The van der Waals surface area contributed by atoms with Gasteiger partial charge in [-0.2, -0.15) is 0 Å². The average molecular weight is 305 g/mol. The van der Waals surface area contributed by atoms with E-state index in [-0.39, 0.29) is 0 Å². The monoisotopic (exact) mass is 305 g/mol. The van der Waals surface area contributed by atoms with Gasteiger partial charge in [0.15, 0.2) is 0 Å². The number of hydrogen-bond donors (Lipinski definition) is 0. The first kappa shape index (κ1) is 12.4. The van der Waals surface area contributed by atoms with E-state index in [1.165, 1.54) is 8.47 Å². The summed E-state index contributed by atoms with van der Waals surface area (Å²) in [6.07, 6.45) is 3.53. The van der Waals surface area contributed by atoms with Gasteiger partial charge in [0, 0.05) is 18.0 Å². The van der Waals surface area contributed by atoms with Crippen molar-refractivity contribution >= 4 is 47.0 Å². The molecule has 5 heteroatoms. The van der Waals surface area contributed by atoms with Crippen LogP contribution in [0.3, 0.4) is 0 Å². The maximum absolute atomic E-state index is 3.98. The van der Waals surface area contributed by atoms with Gasteiger partial charge in [-0.25, -0.2) is 0 Å². The molecule has 0 N–H and O–H groups in total. The van der Waals surface area contributed by atoms with E-state index in [0.29, 0.717) is 0 Å². The lowest BCUT2D eigenvalue weighted by Crippen LogP contribution is -1.74. The van der Waals surface area contributed by atoms with Crippen LogP contribution in [-0.4, -0.2) is 4.98 Å². The summed E-state index contributed by atoms with van der Waals surface area (Å²) in [6, 6.07) is 3.85. The van der Waals surface area contributed by atoms with E-state index in [9.17, 15) is 0 Å². The van der Waals surface area contributed by atoms with Crippen LogP contribution in [0.15, 0.2) is 54.1 Å². The minimum atomic E-state index is 1.00. The fourth-order valence-corrected chi connectivity index (χ4v) is 5.52. The Morgan fingerprint density at radius 1 is 0.889 bits per heavy atom. The van der Waals surface area contributed by atoms with Crippen molar-refractivity contribution in [1.29, 1.82) is 0 Å². The van der Waals surface area contributed by atoms with E-state index in [0.717, 1.165) is 10.5 Å². The van der Waals surface area contributed by atoms with Gasteiger partial charge in [-0.05, 0) is 28.4 Å². The number of hydrogen-bond acceptors (Lipinski definition) is 5. The normalized spacial score (nSPS) is 17.7. The molecule has 0 bridgehead atoms. The minimum absolute atomic E-state index is 1.00. The smallest absolute Gasteiger partial charge is 0.0707 e. The number of aromatic nitrogens is 1. The van der Waals surface area contributed by atoms with Crippen LogP contribution in [0, 0.1) is 11.8 Å². The van der Waals surface area contributed by atoms with Gasteiger partial charge in [0.05, 0.1) is 13.4 Å². The second-order valence-corrected chi connectivity index (χ2v) is 7.55. The van der Waals surface area contributed by atoms with Crippen LogP contribution in [0.4, 0.5) is 0 Å². The molecule has 1 aromatic heterocycles. The van der Waals surface area contributed by atoms with Crippen LogP contribution in [0.25, 0.3) is 0 Å². The predicted octanol–water partition coefficient (Wildman–Crippen LogP) is 4.83. The maximum Gasteiger partial charge on any atom is 0.0707 e. The molecular formula is C13H7NS4. The molecule has 0 atom stereocenters. The quantitative estimate of drug-likeness (QED) is 0.635. The van der Waals surface area contributed by atoms with Crippen LogP contribution in [-0.2, 0) is 0 Å². The first-order valence-corrected chi connectivity index (χ1v) is 8.57. The average Bonchev–Trinajstić information content (AvgIpc) is 3.08. The van der Waals surface area contributed by atoms with Crippen LogP contribution in [0.2, 0.25) is 0 Å². The van der Waals surface area contributed by atoms with Crippen molar-refractivity contribution in [3.05, 3.63) is 59.7 Å². The highest BCUT2D eigenvalue weighted by molar-refractivity contribution is 8.33. The lowest BCUT2D eigenvalue weighted by molar-refractivity contribution is 1.32. The van der Waals surface area contributed by atoms with Crippen molar-refractivity contribution < 1.29 is 0 Å². The highest BCUT2D eigenvalue weighted by Gasteiger charge is 2.17. The number of pyridine rings is 1. The van der Waals surface area contributed by atoms with Gasteiger partial charge in [0.2, 0.25) is 0 Å². The molecule has 3 heterocycles. The fraction of sp³-hybridized carbons (Fsp3) is 0. The first-order valence-electron chi connectivity index (χ1n) is 5.11. The summed E-state index contributed by atoms with van der Waals surface area (Å²) in [4.78, 5) is 5.10. The molecule has 88 valence electrons. The van der Waals surface area contributed by atoms with Crippen molar-refractivity contribution in [1.82, 2.24) is 4.98 Å². The van der Waals surface area contributed by atoms with Crippen molar-refractivity contribution in [2.45, 2.75) is 0 Å². The molecule has 1 nitrogen and oxygen atoms in total. The van der Waals surface area contributed by atoms with E-state index < -0.39 is 0 Å². The number of nitrogens with zero attached hydrogens (tertiary/aromatic N) is 1. The van der Waals surface area contributed by atoms with Crippen molar-refractivity contribution in [3.8, 4) is 11.8 Å². The molecule has 0 unspecified atom stereocenters. The molecule has 0 radical (unpaired) electrons. The summed E-state index contributed by atoms with van der Waals surface area (Å²) < 4.78 is 2.70. The topological polar surface area (TPSA) is 12.9 Å². The SMILES string of the molecule is C(#Cc1ccncc1)C1=CSC(=C2SC=CS2)S1. The Kier molecular flexibility index (Phi) is 4.11. The van der Waals surface area contributed by atoms with E-state index >= 15 is 0 Å². The molecule has 2 aliphatic heterocycles. The molecular weight excluding hydrogens is 298 g/mol. The fourth-order valence-electron chi connectivity index (χ4n) is 1.27. The van der Waals surface area contributed by atoms with E-state index in [2.05, 4.69) is 33.0 Å². The molecule has 1 aromatic rings. The molecule has 18 heavy (non-hydrogen) atoms. The van der Waals surface area contributed by atoms with Gasteiger partial charge in [-0.15, -0.1) is 0 Å². The highest BCUT2D eigenvalue weighted by atomic mass is 32.2. The van der Waals surface area contributed by atoms with E-state index in [1.54, 1.807) is 59.4 Å². The molecule has 2 aliphatic rings.